The Morgan fingerprint density at radius 3 is 2.49 bits per heavy atom. The number of hydrogen-bond acceptors (Lipinski definition) is 7. The maximum absolute atomic E-state index is 12.7. The van der Waals surface area contributed by atoms with Gasteiger partial charge in [0.25, 0.3) is 5.91 Å². The van der Waals surface area contributed by atoms with E-state index in [2.05, 4.69) is 20.6 Å². The maximum atomic E-state index is 12.7. The predicted molar refractivity (Wildman–Crippen MR) is 133 cm³/mol. The first-order valence-corrected chi connectivity index (χ1v) is 11.3. The minimum atomic E-state index is -0.748. The molecule has 2 amide bonds. The number of amidine groups is 1. The molecule has 0 saturated carbocycles. The molecule has 2 aromatic heterocycles. The standard InChI is InChI=1S/C26H30N6O3/c1-18(33)31-25(27)23-10-9-22(15-30-23)24(34)16-29-13-11-19-5-7-21(8-6-19)26(35)32(2)17-20-4-3-12-28-14-20/h3-10,12,14-15,24,29,34H,11,13,16-17H2,1-2H3,(H2,27,31,33)/t24-/m0/s1. The number of aliphatic hydroxyl groups is 1. The number of aliphatic hydroxyl groups excluding tert-OH is 1. The van der Waals surface area contributed by atoms with Crippen molar-refractivity contribution < 1.29 is 14.7 Å². The van der Waals surface area contributed by atoms with Crippen molar-refractivity contribution in [1.82, 2.24) is 25.5 Å². The molecule has 1 aromatic carbocycles. The first kappa shape index (κ1) is 25.7. The van der Waals surface area contributed by atoms with E-state index in [1.165, 1.54) is 13.1 Å². The first-order chi connectivity index (χ1) is 16.8. The van der Waals surface area contributed by atoms with E-state index in [-0.39, 0.29) is 17.6 Å². The van der Waals surface area contributed by atoms with Crippen molar-refractivity contribution >= 4 is 17.6 Å². The molecule has 0 spiro atoms. The van der Waals surface area contributed by atoms with Gasteiger partial charge in [0.15, 0.2) is 5.84 Å². The highest BCUT2D eigenvalue weighted by Gasteiger charge is 2.13. The van der Waals surface area contributed by atoms with Crippen LogP contribution in [0.15, 0.2) is 67.1 Å². The molecule has 3 rings (SSSR count). The average molecular weight is 475 g/mol. The molecule has 0 fully saturated rings. The zero-order valence-electron chi connectivity index (χ0n) is 19.9. The van der Waals surface area contributed by atoms with Crippen LogP contribution in [0, 0.1) is 5.41 Å². The highest BCUT2D eigenvalue weighted by molar-refractivity contribution is 6.04. The van der Waals surface area contributed by atoms with E-state index in [9.17, 15) is 14.7 Å². The quantitative estimate of drug-likeness (QED) is 0.202. The number of nitrogens with zero attached hydrogens (tertiary/aromatic N) is 3. The smallest absolute Gasteiger partial charge is 0.253 e. The van der Waals surface area contributed by atoms with Crippen molar-refractivity contribution in [1.29, 1.82) is 5.41 Å². The summed E-state index contributed by atoms with van der Waals surface area (Å²) in [4.78, 5) is 33.6. The number of pyridine rings is 2. The highest BCUT2D eigenvalue weighted by Crippen LogP contribution is 2.12. The van der Waals surface area contributed by atoms with Crippen molar-refractivity contribution in [2.75, 3.05) is 20.1 Å². The number of rotatable bonds is 10. The summed E-state index contributed by atoms with van der Waals surface area (Å²) in [5.74, 6) is -0.461. The van der Waals surface area contributed by atoms with Crippen LogP contribution in [0.1, 0.15) is 45.8 Å². The summed E-state index contributed by atoms with van der Waals surface area (Å²) in [6.07, 6.45) is 4.96. The first-order valence-electron chi connectivity index (χ1n) is 11.3. The van der Waals surface area contributed by atoms with Gasteiger partial charge in [-0.05, 0) is 48.4 Å². The summed E-state index contributed by atoms with van der Waals surface area (Å²) in [5, 5.41) is 23.7. The van der Waals surface area contributed by atoms with Crippen molar-refractivity contribution in [2.24, 2.45) is 0 Å². The van der Waals surface area contributed by atoms with E-state index >= 15 is 0 Å². The third-order valence-corrected chi connectivity index (χ3v) is 5.35. The van der Waals surface area contributed by atoms with Crippen LogP contribution in [0.2, 0.25) is 0 Å². The van der Waals surface area contributed by atoms with Gasteiger partial charge in [0, 0.05) is 56.8 Å². The number of hydrogen-bond donors (Lipinski definition) is 4. The van der Waals surface area contributed by atoms with Crippen molar-refractivity contribution in [2.45, 2.75) is 26.0 Å². The van der Waals surface area contributed by atoms with E-state index in [1.54, 1.807) is 36.5 Å². The topological polar surface area (TPSA) is 131 Å². The molecule has 0 saturated heterocycles. The van der Waals surface area contributed by atoms with E-state index in [0.717, 1.165) is 17.5 Å². The number of carbonyl (C=O) groups is 2. The Morgan fingerprint density at radius 1 is 1.09 bits per heavy atom. The van der Waals surface area contributed by atoms with Crippen LogP contribution >= 0.6 is 0 Å². The molecule has 9 heteroatoms. The van der Waals surface area contributed by atoms with Crippen molar-refractivity contribution in [3.63, 3.8) is 0 Å². The summed E-state index contributed by atoms with van der Waals surface area (Å²) < 4.78 is 0. The third kappa shape index (κ3) is 7.80. The normalized spacial score (nSPS) is 11.5. The van der Waals surface area contributed by atoms with Gasteiger partial charge < -0.3 is 20.6 Å². The minimum absolute atomic E-state index is 0.0477. The molecule has 3 aromatic rings. The Hall–Kier alpha value is -3.95. The third-order valence-electron chi connectivity index (χ3n) is 5.35. The number of aromatic nitrogens is 2. The minimum Gasteiger partial charge on any atom is -0.387 e. The van der Waals surface area contributed by atoms with Gasteiger partial charge in [-0.25, -0.2) is 0 Å². The Morgan fingerprint density at radius 2 is 1.86 bits per heavy atom. The Labute approximate surface area is 204 Å². The van der Waals surface area contributed by atoms with Crippen LogP contribution in [-0.2, 0) is 17.8 Å². The predicted octanol–water partition coefficient (Wildman–Crippen LogP) is 2.08. The molecule has 35 heavy (non-hydrogen) atoms. The fourth-order valence-electron chi connectivity index (χ4n) is 3.45. The van der Waals surface area contributed by atoms with Gasteiger partial charge in [-0.15, -0.1) is 0 Å². The number of carbonyl (C=O) groups excluding carboxylic acids is 2. The molecule has 0 bridgehead atoms. The van der Waals surface area contributed by atoms with Crippen LogP contribution < -0.4 is 10.6 Å². The summed E-state index contributed by atoms with van der Waals surface area (Å²) in [5.41, 5.74) is 3.64. The Balaban J connectivity index is 1.42. The van der Waals surface area contributed by atoms with Gasteiger partial charge >= 0.3 is 0 Å². The van der Waals surface area contributed by atoms with Crippen LogP contribution in [0.25, 0.3) is 0 Å². The lowest BCUT2D eigenvalue weighted by atomic mass is 10.1. The molecule has 0 unspecified atom stereocenters. The Bertz CT molecular complexity index is 1130. The lowest BCUT2D eigenvalue weighted by molar-refractivity contribution is -0.117. The fourth-order valence-corrected chi connectivity index (χ4v) is 3.45. The van der Waals surface area contributed by atoms with Gasteiger partial charge in [-0.3, -0.25) is 25.0 Å². The monoisotopic (exact) mass is 474 g/mol. The van der Waals surface area contributed by atoms with Gasteiger partial charge in [0.05, 0.1) is 6.10 Å². The molecular formula is C26H30N6O3. The van der Waals surface area contributed by atoms with E-state index in [0.29, 0.717) is 36.5 Å². The summed E-state index contributed by atoms with van der Waals surface area (Å²) >= 11 is 0. The summed E-state index contributed by atoms with van der Waals surface area (Å²) in [6.45, 7) is 2.83. The van der Waals surface area contributed by atoms with Crippen LogP contribution in [0.5, 0.6) is 0 Å². The van der Waals surface area contributed by atoms with Gasteiger partial charge in [-0.2, -0.15) is 0 Å². The van der Waals surface area contributed by atoms with Crippen molar-refractivity contribution in [3.8, 4) is 0 Å². The van der Waals surface area contributed by atoms with Gasteiger partial charge in [0.1, 0.15) is 5.69 Å². The second-order valence-corrected chi connectivity index (χ2v) is 8.22. The van der Waals surface area contributed by atoms with Crippen LogP contribution in [0.3, 0.4) is 0 Å². The molecular weight excluding hydrogens is 444 g/mol. The lowest BCUT2D eigenvalue weighted by Gasteiger charge is -2.17. The zero-order valence-corrected chi connectivity index (χ0v) is 19.9. The molecule has 0 aliphatic carbocycles. The summed E-state index contributed by atoms with van der Waals surface area (Å²) in [7, 11) is 1.77. The maximum Gasteiger partial charge on any atom is 0.253 e. The van der Waals surface area contributed by atoms with E-state index < -0.39 is 6.10 Å². The number of nitrogens with one attached hydrogen (secondary N) is 3. The molecule has 1 atom stereocenters. The molecule has 182 valence electrons. The largest absolute Gasteiger partial charge is 0.387 e. The second kappa shape index (κ2) is 12.5. The summed E-state index contributed by atoms with van der Waals surface area (Å²) in [6, 6.07) is 14.6. The van der Waals surface area contributed by atoms with Crippen LogP contribution in [-0.4, -0.2) is 57.8 Å². The lowest BCUT2D eigenvalue weighted by Crippen LogP contribution is -2.29. The average Bonchev–Trinajstić information content (AvgIpc) is 2.86. The fraction of sp³-hybridized carbons (Fsp3) is 0.269. The molecule has 0 radical (unpaired) electrons. The number of benzene rings is 1. The van der Waals surface area contributed by atoms with E-state index in [4.69, 9.17) is 5.41 Å². The van der Waals surface area contributed by atoms with Gasteiger partial charge in [0.2, 0.25) is 5.91 Å². The zero-order chi connectivity index (χ0) is 25.2. The Kier molecular flexibility index (Phi) is 9.16. The SMILES string of the molecule is CC(=O)NC(=N)c1ccc([C@@H](O)CNCCc2ccc(C(=O)N(C)Cc3cccnc3)cc2)cn1. The van der Waals surface area contributed by atoms with Crippen molar-refractivity contribution in [3.05, 3.63) is 95.1 Å². The number of amides is 2. The molecule has 2 heterocycles. The molecule has 0 aliphatic heterocycles. The molecule has 0 aliphatic rings. The molecule has 9 nitrogen and oxygen atoms in total. The van der Waals surface area contributed by atoms with Crippen LogP contribution in [0.4, 0.5) is 0 Å². The van der Waals surface area contributed by atoms with E-state index in [1.807, 2.05) is 36.4 Å². The second-order valence-electron chi connectivity index (χ2n) is 8.22. The highest BCUT2D eigenvalue weighted by atomic mass is 16.3. The van der Waals surface area contributed by atoms with Gasteiger partial charge in [-0.1, -0.05) is 24.3 Å². The molecule has 4 N–H and O–H groups in total.